The maximum Gasteiger partial charge on any atom is 0.143 e. The molecule has 0 saturated carbocycles. The summed E-state index contributed by atoms with van der Waals surface area (Å²) in [5.41, 5.74) is 13.0. The Morgan fingerprint density at radius 2 is 1.00 bits per heavy atom. The van der Waals surface area contributed by atoms with E-state index >= 15 is 0 Å². The number of rotatable bonds is 5. The Balaban J connectivity index is 1.08. The van der Waals surface area contributed by atoms with Crippen molar-refractivity contribution >= 4 is 49.1 Å². The van der Waals surface area contributed by atoms with Crippen LogP contribution in [0.4, 0.5) is 0 Å². The van der Waals surface area contributed by atoms with Gasteiger partial charge in [-0.05, 0) is 108 Å². The lowest BCUT2D eigenvalue weighted by molar-refractivity contribution is 0.670. The molecule has 0 fully saturated rings. The van der Waals surface area contributed by atoms with Crippen molar-refractivity contribution in [3.63, 3.8) is 0 Å². The van der Waals surface area contributed by atoms with Gasteiger partial charge in [0.1, 0.15) is 17.2 Å². The molecule has 2 heterocycles. The Hall–Kier alpha value is -7.29. The number of nitrogens with zero attached hydrogens (tertiary/aromatic N) is 1. The second-order valence-corrected chi connectivity index (χ2v) is 14.8. The SMILES string of the molecule is C=C1C(c2ccc(-c3ccccc3)cc2)=c2ccccc2=NC1c1cc(-c2ccc(-c3ccc4ccccc4c3)cc2)c2oc3cc4ccccc4cc3c2c1. The van der Waals surface area contributed by atoms with Crippen molar-refractivity contribution in [3.8, 4) is 33.4 Å². The van der Waals surface area contributed by atoms with E-state index in [4.69, 9.17) is 16.0 Å². The van der Waals surface area contributed by atoms with Crippen LogP contribution in [0.15, 0.2) is 216 Å². The van der Waals surface area contributed by atoms with Crippen LogP contribution in [-0.4, -0.2) is 0 Å². The summed E-state index contributed by atoms with van der Waals surface area (Å²) in [6, 6.07) is 69.1. The fourth-order valence-electron chi connectivity index (χ4n) is 8.57. The van der Waals surface area contributed by atoms with Gasteiger partial charge in [0, 0.05) is 21.6 Å². The van der Waals surface area contributed by atoms with E-state index in [1.165, 1.54) is 38.4 Å². The summed E-state index contributed by atoms with van der Waals surface area (Å²) < 4.78 is 6.81. The van der Waals surface area contributed by atoms with Gasteiger partial charge in [0.15, 0.2) is 0 Å². The molecule has 56 heavy (non-hydrogen) atoms. The molecule has 10 aromatic rings. The number of hydrogen-bond acceptors (Lipinski definition) is 2. The van der Waals surface area contributed by atoms with Crippen molar-refractivity contribution in [2.75, 3.05) is 0 Å². The summed E-state index contributed by atoms with van der Waals surface area (Å²) in [6.07, 6.45) is 0. The zero-order valence-electron chi connectivity index (χ0n) is 30.6. The molecule has 1 atom stereocenters. The first-order chi connectivity index (χ1) is 27.6. The van der Waals surface area contributed by atoms with Crippen molar-refractivity contribution in [2.45, 2.75) is 6.04 Å². The minimum Gasteiger partial charge on any atom is -0.455 e. The molecule has 11 rings (SSSR count). The molecule has 262 valence electrons. The van der Waals surface area contributed by atoms with Crippen LogP contribution in [0.25, 0.3) is 82.4 Å². The third-order valence-corrected chi connectivity index (χ3v) is 11.4. The van der Waals surface area contributed by atoms with Crippen molar-refractivity contribution in [1.29, 1.82) is 0 Å². The van der Waals surface area contributed by atoms with Crippen LogP contribution < -0.4 is 10.6 Å². The van der Waals surface area contributed by atoms with Gasteiger partial charge in [0.2, 0.25) is 0 Å². The van der Waals surface area contributed by atoms with E-state index in [9.17, 15) is 0 Å². The standard InChI is InChI=1S/C54H35NO/c1-34-52(40-26-21-37(22-27-40)35-11-3-2-4-12-35)46-17-9-10-18-50(46)55-53(34)45-31-47(54-49(32-45)48-30-42-15-7-8-16-43(42)33-51(48)56-54)39-24-19-38(20-25-39)44-28-23-36-13-5-6-14-41(36)29-44/h2-33,53H,1H2. The summed E-state index contributed by atoms with van der Waals surface area (Å²) in [6.45, 7) is 4.80. The molecule has 1 aliphatic heterocycles. The normalized spacial score (nSPS) is 14.0. The summed E-state index contributed by atoms with van der Waals surface area (Å²) in [5.74, 6) is 0. The number of fused-ring (bicyclic) bond motifs is 6. The highest BCUT2D eigenvalue weighted by Gasteiger charge is 2.26. The maximum atomic E-state index is 6.81. The molecule has 0 radical (unpaired) electrons. The highest BCUT2D eigenvalue weighted by Crippen LogP contribution is 2.43. The largest absolute Gasteiger partial charge is 0.455 e. The first kappa shape index (κ1) is 32.2. The molecule has 0 bridgehead atoms. The predicted octanol–water partition coefficient (Wildman–Crippen LogP) is 13.0. The van der Waals surface area contributed by atoms with Crippen molar-refractivity contribution in [1.82, 2.24) is 0 Å². The topological polar surface area (TPSA) is 25.5 Å². The predicted molar refractivity (Wildman–Crippen MR) is 233 cm³/mol. The molecule has 0 aliphatic carbocycles. The Morgan fingerprint density at radius 1 is 0.429 bits per heavy atom. The zero-order valence-corrected chi connectivity index (χ0v) is 30.6. The van der Waals surface area contributed by atoms with Crippen molar-refractivity contribution in [2.24, 2.45) is 4.99 Å². The molecule has 0 N–H and O–H groups in total. The summed E-state index contributed by atoms with van der Waals surface area (Å²) in [4.78, 5) is 5.42. The van der Waals surface area contributed by atoms with E-state index in [1.807, 2.05) is 0 Å². The average molecular weight is 714 g/mol. The van der Waals surface area contributed by atoms with Crippen LogP contribution in [0.3, 0.4) is 0 Å². The zero-order chi connectivity index (χ0) is 37.2. The first-order valence-corrected chi connectivity index (χ1v) is 19.2. The van der Waals surface area contributed by atoms with Gasteiger partial charge in [0.05, 0.1) is 5.36 Å². The van der Waals surface area contributed by atoms with E-state index in [2.05, 4.69) is 194 Å². The van der Waals surface area contributed by atoms with Crippen LogP contribution in [0.2, 0.25) is 0 Å². The Bertz CT molecular complexity index is 3300. The Labute approximate surface area is 324 Å². The van der Waals surface area contributed by atoms with E-state index in [0.717, 1.165) is 71.3 Å². The fraction of sp³-hybridized carbons (Fsp3) is 0.0185. The summed E-state index contributed by atoms with van der Waals surface area (Å²) in [7, 11) is 0. The minimum absolute atomic E-state index is 0.292. The number of para-hydroxylation sites is 1. The molecule has 0 saturated heterocycles. The quantitative estimate of drug-likeness (QED) is 0.174. The van der Waals surface area contributed by atoms with Crippen molar-refractivity contribution < 1.29 is 4.42 Å². The van der Waals surface area contributed by atoms with Crippen LogP contribution in [-0.2, 0) is 0 Å². The van der Waals surface area contributed by atoms with E-state index in [1.54, 1.807) is 0 Å². The second kappa shape index (κ2) is 12.9. The van der Waals surface area contributed by atoms with E-state index in [0.29, 0.717) is 0 Å². The van der Waals surface area contributed by atoms with E-state index in [-0.39, 0.29) is 6.04 Å². The molecular weight excluding hydrogens is 679 g/mol. The lowest BCUT2D eigenvalue weighted by atomic mass is 9.85. The lowest BCUT2D eigenvalue weighted by Crippen LogP contribution is -2.33. The van der Waals surface area contributed by atoms with Crippen LogP contribution >= 0.6 is 0 Å². The molecule has 1 aromatic heterocycles. The van der Waals surface area contributed by atoms with Crippen LogP contribution in [0, 0.1) is 0 Å². The van der Waals surface area contributed by atoms with Crippen LogP contribution in [0.1, 0.15) is 17.2 Å². The highest BCUT2D eigenvalue weighted by atomic mass is 16.3. The van der Waals surface area contributed by atoms with Gasteiger partial charge in [-0.15, -0.1) is 0 Å². The van der Waals surface area contributed by atoms with Gasteiger partial charge in [-0.3, -0.25) is 4.99 Å². The monoisotopic (exact) mass is 713 g/mol. The molecule has 2 nitrogen and oxygen atoms in total. The van der Waals surface area contributed by atoms with E-state index < -0.39 is 0 Å². The maximum absolute atomic E-state index is 6.81. The molecule has 9 aromatic carbocycles. The minimum atomic E-state index is -0.292. The van der Waals surface area contributed by atoms with Gasteiger partial charge in [-0.25, -0.2) is 0 Å². The second-order valence-electron chi connectivity index (χ2n) is 14.8. The first-order valence-electron chi connectivity index (χ1n) is 19.2. The Kier molecular flexibility index (Phi) is 7.43. The number of furan rings is 1. The van der Waals surface area contributed by atoms with Gasteiger partial charge in [0.25, 0.3) is 0 Å². The fourth-order valence-corrected chi connectivity index (χ4v) is 8.57. The van der Waals surface area contributed by atoms with Crippen molar-refractivity contribution in [3.05, 3.63) is 228 Å². The lowest BCUT2D eigenvalue weighted by Gasteiger charge is -2.24. The van der Waals surface area contributed by atoms with Crippen LogP contribution in [0.5, 0.6) is 0 Å². The molecule has 0 amide bonds. The smallest absolute Gasteiger partial charge is 0.143 e. The summed E-state index contributed by atoms with van der Waals surface area (Å²) >= 11 is 0. The van der Waals surface area contributed by atoms with Gasteiger partial charge < -0.3 is 4.42 Å². The number of benzene rings is 9. The van der Waals surface area contributed by atoms with Gasteiger partial charge in [-0.1, -0.05) is 164 Å². The molecule has 2 heteroatoms. The third kappa shape index (κ3) is 5.38. The van der Waals surface area contributed by atoms with Gasteiger partial charge in [-0.2, -0.15) is 0 Å². The van der Waals surface area contributed by atoms with Gasteiger partial charge >= 0.3 is 0 Å². The Morgan fingerprint density at radius 3 is 1.77 bits per heavy atom. The molecule has 1 unspecified atom stereocenters. The average Bonchev–Trinajstić information content (AvgIpc) is 3.62. The molecule has 1 aliphatic rings. The molecule has 0 spiro atoms. The number of hydrogen-bond donors (Lipinski definition) is 0. The molecular formula is C54H35NO. The highest BCUT2D eigenvalue weighted by molar-refractivity contribution is 6.13. The third-order valence-electron chi connectivity index (χ3n) is 11.4. The summed E-state index contributed by atoms with van der Waals surface area (Å²) in [5, 5.41) is 9.06.